The minimum absolute atomic E-state index is 0.0274. The summed E-state index contributed by atoms with van der Waals surface area (Å²) in [5.74, 6) is 0.801. The molecular formula is C13H20N2O3S. The molecular weight excluding hydrogens is 264 g/mol. The van der Waals surface area contributed by atoms with Crippen molar-refractivity contribution in [3.8, 4) is 5.75 Å². The van der Waals surface area contributed by atoms with Gasteiger partial charge in [-0.05, 0) is 13.1 Å². The van der Waals surface area contributed by atoms with Crippen LogP contribution in [0.1, 0.15) is 11.6 Å². The summed E-state index contributed by atoms with van der Waals surface area (Å²) in [6, 6.07) is 7.79. The van der Waals surface area contributed by atoms with E-state index in [-0.39, 0.29) is 6.04 Å². The third kappa shape index (κ3) is 3.08. The Labute approximate surface area is 114 Å². The second-order valence-electron chi connectivity index (χ2n) is 4.86. The highest BCUT2D eigenvalue weighted by Crippen LogP contribution is 2.31. The van der Waals surface area contributed by atoms with Gasteiger partial charge in [0.05, 0.1) is 19.4 Å². The summed E-state index contributed by atoms with van der Waals surface area (Å²) in [6.07, 6.45) is 1.26. The average Bonchev–Trinajstić information content (AvgIpc) is 2.38. The third-order valence-electron chi connectivity index (χ3n) is 3.58. The molecule has 1 aliphatic rings. The Kier molecular flexibility index (Phi) is 4.13. The predicted molar refractivity (Wildman–Crippen MR) is 74.8 cm³/mol. The molecule has 1 aliphatic heterocycles. The van der Waals surface area contributed by atoms with Gasteiger partial charge in [0.15, 0.2) is 0 Å². The summed E-state index contributed by atoms with van der Waals surface area (Å²) in [4.78, 5) is 2.17. The Bertz CT molecular complexity index is 545. The van der Waals surface area contributed by atoms with Crippen molar-refractivity contribution in [3.05, 3.63) is 29.8 Å². The van der Waals surface area contributed by atoms with Crippen LogP contribution < -0.4 is 4.74 Å². The smallest absolute Gasteiger partial charge is 0.211 e. The first kappa shape index (κ1) is 14.3. The zero-order chi connectivity index (χ0) is 14.0. The number of hydrogen-bond donors (Lipinski definition) is 0. The largest absolute Gasteiger partial charge is 0.496 e. The van der Waals surface area contributed by atoms with Gasteiger partial charge in [0.2, 0.25) is 10.0 Å². The van der Waals surface area contributed by atoms with Crippen LogP contribution in [0.4, 0.5) is 0 Å². The van der Waals surface area contributed by atoms with Gasteiger partial charge in [0.25, 0.3) is 0 Å². The van der Waals surface area contributed by atoms with Crippen LogP contribution in [0.15, 0.2) is 24.3 Å². The predicted octanol–water partition coefficient (Wildman–Crippen LogP) is 0.943. The summed E-state index contributed by atoms with van der Waals surface area (Å²) < 4.78 is 30.3. The molecule has 0 saturated carbocycles. The van der Waals surface area contributed by atoms with Crippen LogP contribution in [0.3, 0.4) is 0 Å². The lowest BCUT2D eigenvalue weighted by Gasteiger charge is -2.38. The van der Waals surface area contributed by atoms with Crippen molar-refractivity contribution in [2.75, 3.05) is 40.0 Å². The van der Waals surface area contributed by atoms with E-state index in [1.165, 1.54) is 10.6 Å². The summed E-state index contributed by atoms with van der Waals surface area (Å²) in [7, 11) is 0.502. The van der Waals surface area contributed by atoms with Crippen molar-refractivity contribution in [1.29, 1.82) is 0 Å². The lowest BCUT2D eigenvalue weighted by atomic mass is 10.0. The van der Waals surface area contributed by atoms with Crippen molar-refractivity contribution in [3.63, 3.8) is 0 Å². The molecule has 1 atom stereocenters. The Balaban J connectivity index is 2.31. The quantitative estimate of drug-likeness (QED) is 0.829. The molecule has 1 unspecified atom stereocenters. The molecule has 1 aromatic rings. The van der Waals surface area contributed by atoms with Crippen LogP contribution in [-0.4, -0.2) is 57.7 Å². The minimum Gasteiger partial charge on any atom is -0.496 e. The Morgan fingerprint density at radius 1 is 1.26 bits per heavy atom. The molecule has 0 amide bonds. The molecule has 1 fully saturated rings. The molecule has 19 heavy (non-hydrogen) atoms. The molecule has 5 nitrogen and oxygen atoms in total. The van der Waals surface area contributed by atoms with Crippen LogP contribution in [0.25, 0.3) is 0 Å². The van der Waals surface area contributed by atoms with Gasteiger partial charge in [-0.3, -0.25) is 4.90 Å². The monoisotopic (exact) mass is 284 g/mol. The van der Waals surface area contributed by atoms with E-state index in [1.807, 2.05) is 31.3 Å². The number of ether oxygens (including phenoxy) is 1. The maximum atomic E-state index is 11.7. The Morgan fingerprint density at radius 3 is 2.58 bits per heavy atom. The van der Waals surface area contributed by atoms with Crippen LogP contribution in [-0.2, 0) is 10.0 Å². The number of likely N-dealkylation sites (N-methyl/N-ethyl adjacent to an activating group) is 1. The first-order valence-electron chi connectivity index (χ1n) is 6.21. The standard InChI is InChI=1S/C13H20N2O3S/c1-14-8-9-15(19(3,16)17)10-12(14)11-6-4-5-7-13(11)18-2/h4-7,12H,8-10H2,1-3H3. The molecule has 0 N–H and O–H groups in total. The topological polar surface area (TPSA) is 49.9 Å². The van der Waals surface area contributed by atoms with Gasteiger partial charge < -0.3 is 4.74 Å². The van der Waals surface area contributed by atoms with Crippen molar-refractivity contribution >= 4 is 10.0 Å². The van der Waals surface area contributed by atoms with Gasteiger partial charge >= 0.3 is 0 Å². The molecule has 106 valence electrons. The molecule has 1 aromatic carbocycles. The molecule has 1 saturated heterocycles. The SMILES string of the molecule is COc1ccccc1C1CN(S(C)(=O)=O)CCN1C. The van der Waals surface area contributed by atoms with Crippen LogP contribution in [0.2, 0.25) is 0 Å². The van der Waals surface area contributed by atoms with Crippen molar-refractivity contribution < 1.29 is 13.2 Å². The van der Waals surface area contributed by atoms with E-state index in [0.717, 1.165) is 17.9 Å². The summed E-state index contributed by atoms with van der Waals surface area (Å²) in [5.41, 5.74) is 1.03. The summed E-state index contributed by atoms with van der Waals surface area (Å²) >= 11 is 0. The highest BCUT2D eigenvalue weighted by atomic mass is 32.2. The van der Waals surface area contributed by atoms with E-state index >= 15 is 0 Å². The fourth-order valence-electron chi connectivity index (χ4n) is 2.43. The second kappa shape index (κ2) is 5.48. The average molecular weight is 284 g/mol. The van der Waals surface area contributed by atoms with Crippen molar-refractivity contribution in [2.24, 2.45) is 0 Å². The lowest BCUT2D eigenvalue weighted by molar-refractivity contribution is 0.146. The van der Waals surface area contributed by atoms with Crippen LogP contribution in [0.5, 0.6) is 5.75 Å². The van der Waals surface area contributed by atoms with Gasteiger partial charge in [0.1, 0.15) is 5.75 Å². The third-order valence-corrected chi connectivity index (χ3v) is 4.85. The van der Waals surface area contributed by atoms with E-state index in [0.29, 0.717) is 13.1 Å². The number of para-hydroxylation sites is 1. The van der Waals surface area contributed by atoms with Gasteiger partial charge in [-0.15, -0.1) is 0 Å². The number of nitrogens with zero attached hydrogens (tertiary/aromatic N) is 2. The Morgan fingerprint density at radius 2 is 1.95 bits per heavy atom. The van der Waals surface area contributed by atoms with E-state index in [1.54, 1.807) is 7.11 Å². The highest BCUT2D eigenvalue weighted by molar-refractivity contribution is 7.88. The van der Waals surface area contributed by atoms with Gasteiger partial charge in [-0.2, -0.15) is 4.31 Å². The first-order valence-corrected chi connectivity index (χ1v) is 8.06. The number of piperazine rings is 1. The fraction of sp³-hybridized carbons (Fsp3) is 0.538. The lowest BCUT2D eigenvalue weighted by Crippen LogP contribution is -2.48. The van der Waals surface area contributed by atoms with E-state index in [4.69, 9.17) is 4.74 Å². The van der Waals surface area contributed by atoms with Crippen LogP contribution in [0, 0.1) is 0 Å². The van der Waals surface area contributed by atoms with Crippen molar-refractivity contribution in [1.82, 2.24) is 9.21 Å². The zero-order valence-electron chi connectivity index (χ0n) is 11.5. The molecule has 0 spiro atoms. The molecule has 2 rings (SSSR count). The maximum absolute atomic E-state index is 11.7. The molecule has 0 bridgehead atoms. The number of hydrogen-bond acceptors (Lipinski definition) is 4. The minimum atomic E-state index is -3.14. The maximum Gasteiger partial charge on any atom is 0.211 e. The summed E-state index contributed by atoms with van der Waals surface area (Å²) in [6.45, 7) is 1.73. The second-order valence-corrected chi connectivity index (χ2v) is 6.84. The summed E-state index contributed by atoms with van der Waals surface area (Å²) in [5, 5.41) is 0. The fourth-order valence-corrected chi connectivity index (χ4v) is 3.25. The Hall–Kier alpha value is -1.11. The first-order chi connectivity index (χ1) is 8.93. The number of sulfonamides is 1. The van der Waals surface area contributed by atoms with E-state index < -0.39 is 10.0 Å². The van der Waals surface area contributed by atoms with E-state index in [2.05, 4.69) is 4.90 Å². The van der Waals surface area contributed by atoms with Crippen molar-refractivity contribution in [2.45, 2.75) is 6.04 Å². The van der Waals surface area contributed by atoms with Gasteiger partial charge in [-0.25, -0.2) is 8.42 Å². The normalized spacial score (nSPS) is 22.4. The molecule has 6 heteroatoms. The van der Waals surface area contributed by atoms with Gasteiger partial charge in [-0.1, -0.05) is 18.2 Å². The zero-order valence-corrected chi connectivity index (χ0v) is 12.4. The highest BCUT2D eigenvalue weighted by Gasteiger charge is 2.31. The molecule has 0 radical (unpaired) electrons. The van der Waals surface area contributed by atoms with E-state index in [9.17, 15) is 8.42 Å². The number of rotatable bonds is 3. The molecule has 0 aromatic heterocycles. The van der Waals surface area contributed by atoms with Gasteiger partial charge in [0, 0.05) is 25.2 Å². The molecule has 0 aliphatic carbocycles. The van der Waals surface area contributed by atoms with Crippen LogP contribution >= 0.6 is 0 Å². The number of methoxy groups -OCH3 is 1. The molecule has 1 heterocycles. The number of benzene rings is 1.